The summed E-state index contributed by atoms with van der Waals surface area (Å²) < 4.78 is 0. The van der Waals surface area contributed by atoms with Crippen LogP contribution in [-0.4, -0.2) is 36.5 Å². The van der Waals surface area contributed by atoms with Crippen LogP contribution in [0.3, 0.4) is 0 Å². The average Bonchev–Trinajstić information content (AvgIpc) is 2.76. The lowest BCUT2D eigenvalue weighted by atomic mass is 10.2. The van der Waals surface area contributed by atoms with E-state index >= 15 is 0 Å². The van der Waals surface area contributed by atoms with Gasteiger partial charge in [0.2, 0.25) is 5.91 Å². The summed E-state index contributed by atoms with van der Waals surface area (Å²) in [5, 5.41) is 0. The molecule has 0 saturated carbocycles. The van der Waals surface area contributed by atoms with Crippen LogP contribution in [0, 0.1) is 0 Å². The minimum Gasteiger partial charge on any atom is -0.399 e. The highest BCUT2D eigenvalue weighted by molar-refractivity contribution is 5.85. The van der Waals surface area contributed by atoms with Crippen molar-refractivity contribution in [2.45, 2.75) is 45.6 Å². The predicted molar refractivity (Wildman–Crippen MR) is 88.4 cm³/mol. The molecule has 1 heterocycles. The molecule has 0 radical (unpaired) electrons. The minimum atomic E-state index is -0.144. The van der Waals surface area contributed by atoms with Gasteiger partial charge in [-0.1, -0.05) is 18.9 Å². The van der Waals surface area contributed by atoms with Gasteiger partial charge >= 0.3 is 0 Å². The summed E-state index contributed by atoms with van der Waals surface area (Å²) in [5.74, 6) is 0.237. The summed E-state index contributed by atoms with van der Waals surface area (Å²) in [5.41, 5.74) is 7.63. The van der Waals surface area contributed by atoms with Gasteiger partial charge in [-0.25, -0.2) is 0 Å². The Labute approximate surface area is 127 Å². The zero-order valence-electron chi connectivity index (χ0n) is 13.2. The molecule has 0 aromatic heterocycles. The van der Waals surface area contributed by atoms with Crippen molar-refractivity contribution in [3.05, 3.63) is 24.3 Å². The SMILES string of the molecule is CCN(c1cccc(N)c1)C(C)C(=O)N1CCCCCC1. The Balaban J connectivity index is 2.11. The van der Waals surface area contributed by atoms with Crippen LogP contribution in [0.1, 0.15) is 39.5 Å². The molecule has 1 saturated heterocycles. The lowest BCUT2D eigenvalue weighted by Gasteiger charge is -2.33. The van der Waals surface area contributed by atoms with Crippen LogP contribution >= 0.6 is 0 Å². The predicted octanol–water partition coefficient (Wildman–Crippen LogP) is 2.89. The maximum absolute atomic E-state index is 12.8. The van der Waals surface area contributed by atoms with Crippen LogP contribution in [0.25, 0.3) is 0 Å². The molecular weight excluding hydrogens is 262 g/mol. The molecule has 4 nitrogen and oxygen atoms in total. The summed E-state index contributed by atoms with van der Waals surface area (Å²) in [6, 6.07) is 7.63. The smallest absolute Gasteiger partial charge is 0.244 e. The van der Waals surface area contributed by atoms with Crippen molar-refractivity contribution in [3.8, 4) is 0 Å². The van der Waals surface area contributed by atoms with Crippen molar-refractivity contribution in [1.82, 2.24) is 4.90 Å². The third-order valence-electron chi connectivity index (χ3n) is 4.29. The fourth-order valence-corrected chi connectivity index (χ4v) is 3.07. The molecule has 116 valence electrons. The minimum absolute atomic E-state index is 0.144. The van der Waals surface area contributed by atoms with Gasteiger partial charge in [0.05, 0.1) is 0 Å². The number of nitrogens with two attached hydrogens (primary N) is 1. The number of nitrogens with zero attached hydrogens (tertiary/aromatic N) is 2. The number of likely N-dealkylation sites (N-methyl/N-ethyl adjacent to an activating group) is 1. The zero-order valence-corrected chi connectivity index (χ0v) is 13.2. The topological polar surface area (TPSA) is 49.6 Å². The molecule has 4 heteroatoms. The first kappa shape index (κ1) is 15.7. The van der Waals surface area contributed by atoms with Gasteiger partial charge in [-0.3, -0.25) is 4.79 Å². The van der Waals surface area contributed by atoms with Gasteiger partial charge < -0.3 is 15.5 Å². The lowest BCUT2D eigenvalue weighted by Crippen LogP contribution is -2.47. The summed E-state index contributed by atoms with van der Waals surface area (Å²) in [7, 11) is 0. The van der Waals surface area contributed by atoms with Gasteiger partial charge in [0.1, 0.15) is 6.04 Å². The van der Waals surface area contributed by atoms with E-state index < -0.39 is 0 Å². The van der Waals surface area contributed by atoms with Gasteiger partial charge in [0, 0.05) is 31.0 Å². The Morgan fingerprint density at radius 2 is 1.95 bits per heavy atom. The van der Waals surface area contributed by atoms with Crippen LogP contribution in [0.2, 0.25) is 0 Å². The largest absolute Gasteiger partial charge is 0.399 e. The van der Waals surface area contributed by atoms with Crippen LogP contribution in [0.5, 0.6) is 0 Å². The fraction of sp³-hybridized carbons (Fsp3) is 0.588. The number of amides is 1. The van der Waals surface area contributed by atoms with Crippen molar-refractivity contribution in [1.29, 1.82) is 0 Å². The number of anilines is 2. The number of carbonyl (C=O) groups excluding carboxylic acids is 1. The summed E-state index contributed by atoms with van der Waals surface area (Å²) in [4.78, 5) is 16.9. The Hall–Kier alpha value is -1.71. The van der Waals surface area contributed by atoms with Crippen molar-refractivity contribution < 1.29 is 4.79 Å². The van der Waals surface area contributed by atoms with Crippen molar-refractivity contribution in [2.75, 3.05) is 30.3 Å². The van der Waals surface area contributed by atoms with E-state index in [0.717, 1.165) is 43.9 Å². The van der Waals surface area contributed by atoms with Crippen molar-refractivity contribution in [3.63, 3.8) is 0 Å². The lowest BCUT2D eigenvalue weighted by molar-refractivity contribution is -0.132. The van der Waals surface area contributed by atoms with Crippen LogP contribution < -0.4 is 10.6 Å². The van der Waals surface area contributed by atoms with E-state index in [1.807, 2.05) is 36.1 Å². The molecule has 1 aromatic rings. The van der Waals surface area contributed by atoms with E-state index in [-0.39, 0.29) is 11.9 Å². The molecule has 1 aliphatic rings. The normalized spacial score (nSPS) is 17.1. The van der Waals surface area contributed by atoms with Gasteiger partial charge in [-0.15, -0.1) is 0 Å². The molecule has 2 N–H and O–H groups in total. The number of likely N-dealkylation sites (tertiary alicyclic amines) is 1. The second kappa shape index (κ2) is 7.34. The molecule has 1 unspecified atom stereocenters. The van der Waals surface area contributed by atoms with E-state index in [4.69, 9.17) is 5.73 Å². The maximum Gasteiger partial charge on any atom is 0.244 e. The number of carbonyl (C=O) groups is 1. The highest BCUT2D eigenvalue weighted by Gasteiger charge is 2.26. The molecule has 1 aromatic carbocycles. The molecular formula is C17H27N3O. The molecule has 0 aliphatic carbocycles. The molecule has 1 fully saturated rings. The Morgan fingerprint density at radius 1 is 1.29 bits per heavy atom. The van der Waals surface area contributed by atoms with E-state index in [2.05, 4.69) is 11.8 Å². The van der Waals surface area contributed by atoms with Crippen molar-refractivity contribution >= 4 is 17.3 Å². The van der Waals surface area contributed by atoms with Gasteiger partial charge in [0.25, 0.3) is 0 Å². The highest BCUT2D eigenvalue weighted by atomic mass is 16.2. The van der Waals surface area contributed by atoms with E-state index in [0.29, 0.717) is 0 Å². The molecule has 2 rings (SSSR count). The molecule has 0 spiro atoms. The number of hydrogen-bond acceptors (Lipinski definition) is 3. The second-order valence-corrected chi connectivity index (χ2v) is 5.80. The van der Waals surface area contributed by atoms with E-state index in [1.165, 1.54) is 12.8 Å². The van der Waals surface area contributed by atoms with Crippen LogP contribution in [-0.2, 0) is 4.79 Å². The molecule has 1 atom stereocenters. The quantitative estimate of drug-likeness (QED) is 0.867. The molecule has 1 aliphatic heterocycles. The van der Waals surface area contributed by atoms with E-state index in [9.17, 15) is 4.79 Å². The molecule has 21 heavy (non-hydrogen) atoms. The second-order valence-electron chi connectivity index (χ2n) is 5.80. The number of nitrogen functional groups attached to an aromatic ring is 1. The summed E-state index contributed by atoms with van der Waals surface area (Å²) in [6.07, 6.45) is 4.74. The van der Waals surface area contributed by atoms with Gasteiger partial charge in [-0.05, 0) is 44.9 Å². The number of benzene rings is 1. The van der Waals surface area contributed by atoms with E-state index in [1.54, 1.807) is 0 Å². The van der Waals surface area contributed by atoms with Crippen LogP contribution in [0.15, 0.2) is 24.3 Å². The summed E-state index contributed by atoms with van der Waals surface area (Å²) >= 11 is 0. The van der Waals surface area contributed by atoms with Crippen molar-refractivity contribution in [2.24, 2.45) is 0 Å². The Bertz CT molecular complexity index is 467. The third kappa shape index (κ3) is 3.90. The molecule has 0 bridgehead atoms. The zero-order chi connectivity index (χ0) is 15.2. The van der Waals surface area contributed by atoms with Gasteiger partial charge in [-0.2, -0.15) is 0 Å². The Kier molecular flexibility index (Phi) is 5.48. The summed E-state index contributed by atoms with van der Waals surface area (Å²) in [6.45, 7) is 6.68. The standard InChI is InChI=1S/C17H27N3O/c1-3-20(16-10-8-9-15(18)13-16)14(2)17(21)19-11-6-4-5-7-12-19/h8-10,13-14H,3-7,11-12,18H2,1-2H3. The third-order valence-corrected chi connectivity index (χ3v) is 4.29. The number of rotatable bonds is 4. The first-order valence-corrected chi connectivity index (χ1v) is 8.04. The van der Waals surface area contributed by atoms with Gasteiger partial charge in [0.15, 0.2) is 0 Å². The first-order valence-electron chi connectivity index (χ1n) is 8.04. The number of hydrogen-bond donors (Lipinski definition) is 1. The van der Waals surface area contributed by atoms with Crippen LogP contribution in [0.4, 0.5) is 11.4 Å². The highest BCUT2D eigenvalue weighted by Crippen LogP contribution is 2.21. The Morgan fingerprint density at radius 3 is 2.52 bits per heavy atom. The fourth-order valence-electron chi connectivity index (χ4n) is 3.07. The maximum atomic E-state index is 12.8. The first-order chi connectivity index (χ1) is 10.1. The monoisotopic (exact) mass is 289 g/mol. The average molecular weight is 289 g/mol. The molecule has 1 amide bonds.